The smallest absolute Gasteiger partial charge is 0.309 e. The van der Waals surface area contributed by atoms with E-state index in [1.165, 1.54) is 0 Å². The molecule has 16 heavy (non-hydrogen) atoms. The van der Waals surface area contributed by atoms with Crippen LogP contribution < -0.4 is 0 Å². The van der Waals surface area contributed by atoms with Crippen LogP contribution in [0.5, 0.6) is 0 Å². The van der Waals surface area contributed by atoms with Gasteiger partial charge in [-0.05, 0) is 18.8 Å². The van der Waals surface area contributed by atoms with E-state index >= 15 is 0 Å². The van der Waals surface area contributed by atoms with Gasteiger partial charge in [-0.2, -0.15) is 0 Å². The van der Waals surface area contributed by atoms with Gasteiger partial charge in [0, 0.05) is 24.4 Å². The molecule has 1 heterocycles. The number of imidazole rings is 1. The minimum absolute atomic E-state index is 0.0849. The van der Waals surface area contributed by atoms with Crippen LogP contribution in [-0.4, -0.2) is 20.6 Å². The SMILES string of the molecule is CC(C)Cc1ncc(CC(=O)O)n1C1CC1. The number of hydrogen-bond donors (Lipinski definition) is 1. The van der Waals surface area contributed by atoms with Gasteiger partial charge < -0.3 is 9.67 Å². The summed E-state index contributed by atoms with van der Waals surface area (Å²) in [5.41, 5.74) is 0.852. The summed E-state index contributed by atoms with van der Waals surface area (Å²) in [7, 11) is 0. The van der Waals surface area contributed by atoms with Gasteiger partial charge in [0.25, 0.3) is 0 Å². The Morgan fingerprint density at radius 1 is 1.62 bits per heavy atom. The zero-order chi connectivity index (χ0) is 11.7. The normalized spacial score (nSPS) is 15.7. The Balaban J connectivity index is 2.24. The van der Waals surface area contributed by atoms with Crippen LogP contribution in [0.25, 0.3) is 0 Å². The molecule has 0 atom stereocenters. The number of aliphatic carboxylic acids is 1. The summed E-state index contributed by atoms with van der Waals surface area (Å²) in [6, 6.07) is 0.505. The molecule has 4 heteroatoms. The number of hydrogen-bond acceptors (Lipinski definition) is 2. The number of carboxylic acids is 1. The largest absolute Gasteiger partial charge is 0.481 e. The van der Waals surface area contributed by atoms with Crippen molar-refractivity contribution in [3.63, 3.8) is 0 Å². The molecule has 1 N–H and O–H groups in total. The first-order valence-corrected chi connectivity index (χ1v) is 5.84. The van der Waals surface area contributed by atoms with E-state index in [1.54, 1.807) is 6.20 Å². The van der Waals surface area contributed by atoms with E-state index in [4.69, 9.17) is 5.11 Å². The van der Waals surface area contributed by atoms with Crippen molar-refractivity contribution in [2.75, 3.05) is 0 Å². The van der Waals surface area contributed by atoms with Gasteiger partial charge in [0.2, 0.25) is 0 Å². The van der Waals surface area contributed by atoms with Crippen LogP contribution in [0.4, 0.5) is 0 Å². The first-order valence-electron chi connectivity index (χ1n) is 5.84. The molecule has 88 valence electrons. The van der Waals surface area contributed by atoms with Crippen molar-refractivity contribution in [1.82, 2.24) is 9.55 Å². The van der Waals surface area contributed by atoms with Crippen molar-refractivity contribution in [2.24, 2.45) is 5.92 Å². The zero-order valence-electron chi connectivity index (χ0n) is 9.81. The highest BCUT2D eigenvalue weighted by Gasteiger charge is 2.28. The van der Waals surface area contributed by atoms with E-state index in [2.05, 4.69) is 23.4 Å². The van der Waals surface area contributed by atoms with Gasteiger partial charge in [0.15, 0.2) is 0 Å². The average molecular weight is 222 g/mol. The lowest BCUT2D eigenvalue weighted by atomic mass is 10.1. The highest BCUT2D eigenvalue weighted by molar-refractivity contribution is 5.69. The Bertz CT molecular complexity index is 392. The minimum Gasteiger partial charge on any atom is -0.481 e. The highest BCUT2D eigenvalue weighted by atomic mass is 16.4. The van der Waals surface area contributed by atoms with Gasteiger partial charge in [0.1, 0.15) is 5.82 Å². The first kappa shape index (κ1) is 11.2. The zero-order valence-corrected chi connectivity index (χ0v) is 9.81. The predicted octanol–water partition coefficient (Wildman–Crippen LogP) is 2.04. The van der Waals surface area contributed by atoms with Crippen molar-refractivity contribution in [3.05, 3.63) is 17.7 Å². The van der Waals surface area contributed by atoms with Crippen molar-refractivity contribution < 1.29 is 9.90 Å². The van der Waals surface area contributed by atoms with Gasteiger partial charge in [0.05, 0.1) is 6.42 Å². The molecule has 0 bridgehead atoms. The van der Waals surface area contributed by atoms with Crippen molar-refractivity contribution in [1.29, 1.82) is 0 Å². The molecule has 0 aromatic carbocycles. The summed E-state index contributed by atoms with van der Waals surface area (Å²) in [6.45, 7) is 4.31. The summed E-state index contributed by atoms with van der Waals surface area (Å²) < 4.78 is 2.15. The number of carbonyl (C=O) groups is 1. The first-order chi connectivity index (χ1) is 7.58. The summed E-state index contributed by atoms with van der Waals surface area (Å²) in [6.07, 6.45) is 5.06. The molecule has 0 unspecified atom stereocenters. The Morgan fingerprint density at radius 3 is 2.81 bits per heavy atom. The van der Waals surface area contributed by atoms with Gasteiger partial charge in [-0.1, -0.05) is 13.8 Å². The molecule has 1 aromatic rings. The monoisotopic (exact) mass is 222 g/mol. The van der Waals surface area contributed by atoms with Gasteiger partial charge in [-0.15, -0.1) is 0 Å². The molecule has 0 aliphatic heterocycles. The minimum atomic E-state index is -0.780. The van der Waals surface area contributed by atoms with Gasteiger partial charge >= 0.3 is 5.97 Å². The molecule has 0 saturated heterocycles. The lowest BCUT2D eigenvalue weighted by Gasteiger charge is -2.11. The van der Waals surface area contributed by atoms with E-state index < -0.39 is 5.97 Å². The quantitative estimate of drug-likeness (QED) is 0.829. The Morgan fingerprint density at radius 2 is 2.31 bits per heavy atom. The third kappa shape index (κ3) is 2.43. The van der Waals surface area contributed by atoms with Crippen molar-refractivity contribution >= 4 is 5.97 Å². The third-order valence-corrected chi connectivity index (χ3v) is 2.79. The molecule has 1 saturated carbocycles. The topological polar surface area (TPSA) is 55.1 Å². The molecular formula is C12H18N2O2. The van der Waals surface area contributed by atoms with Gasteiger partial charge in [-0.3, -0.25) is 4.79 Å². The second-order valence-corrected chi connectivity index (χ2v) is 4.94. The van der Waals surface area contributed by atoms with Gasteiger partial charge in [-0.25, -0.2) is 4.98 Å². The average Bonchev–Trinajstić information content (AvgIpc) is 2.91. The second-order valence-electron chi connectivity index (χ2n) is 4.94. The maximum atomic E-state index is 10.8. The van der Waals surface area contributed by atoms with Crippen LogP contribution >= 0.6 is 0 Å². The second kappa shape index (κ2) is 4.28. The van der Waals surface area contributed by atoms with Crippen molar-refractivity contribution in [3.8, 4) is 0 Å². The fourth-order valence-corrected chi connectivity index (χ4v) is 2.02. The van der Waals surface area contributed by atoms with Crippen LogP contribution in [-0.2, 0) is 17.6 Å². The van der Waals surface area contributed by atoms with E-state index in [0.29, 0.717) is 12.0 Å². The Kier molecular flexibility index (Phi) is 2.99. The summed E-state index contributed by atoms with van der Waals surface area (Å²) in [5.74, 6) is 0.823. The molecule has 0 radical (unpaired) electrons. The molecule has 2 rings (SSSR count). The molecular weight excluding hydrogens is 204 g/mol. The van der Waals surface area contributed by atoms with E-state index in [-0.39, 0.29) is 6.42 Å². The Labute approximate surface area is 95.3 Å². The maximum absolute atomic E-state index is 10.8. The molecule has 4 nitrogen and oxygen atoms in total. The number of aromatic nitrogens is 2. The number of nitrogens with zero attached hydrogens (tertiary/aromatic N) is 2. The molecule has 1 aliphatic rings. The lowest BCUT2D eigenvalue weighted by molar-refractivity contribution is -0.136. The van der Waals surface area contributed by atoms with Crippen LogP contribution in [0, 0.1) is 5.92 Å². The highest BCUT2D eigenvalue weighted by Crippen LogP contribution is 2.37. The summed E-state index contributed by atoms with van der Waals surface area (Å²) in [4.78, 5) is 15.1. The van der Waals surface area contributed by atoms with Crippen LogP contribution in [0.2, 0.25) is 0 Å². The maximum Gasteiger partial charge on any atom is 0.309 e. The van der Waals surface area contributed by atoms with Crippen LogP contribution in [0.3, 0.4) is 0 Å². The third-order valence-electron chi connectivity index (χ3n) is 2.79. The Hall–Kier alpha value is -1.32. The number of rotatable bonds is 5. The molecule has 1 aromatic heterocycles. The van der Waals surface area contributed by atoms with E-state index in [1.807, 2.05) is 0 Å². The van der Waals surface area contributed by atoms with E-state index in [0.717, 1.165) is 30.8 Å². The predicted molar refractivity (Wildman–Crippen MR) is 60.4 cm³/mol. The van der Waals surface area contributed by atoms with Crippen molar-refractivity contribution in [2.45, 2.75) is 45.6 Å². The van der Waals surface area contributed by atoms with E-state index in [9.17, 15) is 4.79 Å². The molecule has 1 fully saturated rings. The van der Waals surface area contributed by atoms with Crippen LogP contribution in [0.1, 0.15) is 44.2 Å². The molecule has 1 aliphatic carbocycles. The fraction of sp³-hybridized carbons (Fsp3) is 0.667. The lowest BCUT2D eigenvalue weighted by Crippen LogP contribution is -2.11. The molecule has 0 amide bonds. The fourth-order valence-electron chi connectivity index (χ4n) is 2.02. The standard InChI is InChI=1S/C12H18N2O2/c1-8(2)5-11-13-7-10(6-12(15)16)14(11)9-3-4-9/h7-9H,3-6H2,1-2H3,(H,15,16). The molecule has 0 spiro atoms. The number of carboxylic acid groups (broad SMARTS) is 1. The summed E-state index contributed by atoms with van der Waals surface area (Å²) >= 11 is 0. The summed E-state index contributed by atoms with van der Waals surface area (Å²) in [5, 5.41) is 8.84. The van der Waals surface area contributed by atoms with Crippen LogP contribution in [0.15, 0.2) is 6.20 Å².